The van der Waals surface area contributed by atoms with Gasteiger partial charge in [0.1, 0.15) is 5.82 Å². The standard InChI is InChI=1S/C12H14FNO4S/c13-11-3-1-2-9(6-11)8-19(17,18)14-5-4-10(7-14)12(15)16/h1-3,6,10H,4-5,7-8H2,(H,15,16). The summed E-state index contributed by atoms with van der Waals surface area (Å²) in [6.45, 7) is 0.196. The summed E-state index contributed by atoms with van der Waals surface area (Å²) in [7, 11) is -3.59. The number of carbonyl (C=O) groups is 1. The van der Waals surface area contributed by atoms with E-state index in [1.165, 1.54) is 24.3 Å². The molecule has 0 aliphatic carbocycles. The van der Waals surface area contributed by atoms with Crippen molar-refractivity contribution in [2.24, 2.45) is 5.92 Å². The average Bonchev–Trinajstić information content (AvgIpc) is 2.78. The van der Waals surface area contributed by atoms with Gasteiger partial charge in [-0.1, -0.05) is 12.1 Å². The SMILES string of the molecule is O=C(O)C1CCN(S(=O)(=O)Cc2cccc(F)c2)C1. The highest BCUT2D eigenvalue weighted by molar-refractivity contribution is 7.88. The second kappa shape index (κ2) is 5.26. The van der Waals surface area contributed by atoms with E-state index in [0.717, 1.165) is 4.31 Å². The minimum atomic E-state index is -3.59. The van der Waals surface area contributed by atoms with Gasteiger partial charge in [-0.05, 0) is 24.1 Å². The molecule has 0 saturated carbocycles. The molecule has 0 spiro atoms. The van der Waals surface area contributed by atoms with Gasteiger partial charge < -0.3 is 5.11 Å². The maximum absolute atomic E-state index is 13.0. The summed E-state index contributed by atoms with van der Waals surface area (Å²) in [5.41, 5.74) is 0.360. The molecule has 0 radical (unpaired) electrons. The third-order valence-corrected chi connectivity index (χ3v) is 4.95. The van der Waals surface area contributed by atoms with Crippen LogP contribution < -0.4 is 0 Å². The molecule has 1 atom stereocenters. The first-order valence-corrected chi connectivity index (χ1v) is 7.44. The number of sulfonamides is 1. The summed E-state index contributed by atoms with van der Waals surface area (Å²) >= 11 is 0. The molecule has 5 nitrogen and oxygen atoms in total. The molecule has 1 heterocycles. The van der Waals surface area contributed by atoms with Crippen LogP contribution in [0.3, 0.4) is 0 Å². The quantitative estimate of drug-likeness (QED) is 0.898. The van der Waals surface area contributed by atoms with E-state index in [9.17, 15) is 17.6 Å². The van der Waals surface area contributed by atoms with Gasteiger partial charge in [0, 0.05) is 13.1 Å². The Morgan fingerprint density at radius 3 is 2.79 bits per heavy atom. The van der Waals surface area contributed by atoms with Crippen LogP contribution >= 0.6 is 0 Å². The highest BCUT2D eigenvalue weighted by Crippen LogP contribution is 2.22. The second-order valence-electron chi connectivity index (χ2n) is 4.57. The second-order valence-corrected chi connectivity index (χ2v) is 6.54. The number of hydrogen-bond acceptors (Lipinski definition) is 3. The van der Waals surface area contributed by atoms with Gasteiger partial charge in [0.25, 0.3) is 0 Å². The minimum Gasteiger partial charge on any atom is -0.481 e. The number of halogens is 1. The number of nitrogens with zero attached hydrogens (tertiary/aromatic N) is 1. The number of hydrogen-bond donors (Lipinski definition) is 1. The number of aliphatic carboxylic acids is 1. The maximum Gasteiger partial charge on any atom is 0.307 e. The van der Waals surface area contributed by atoms with Crippen LogP contribution in [0.2, 0.25) is 0 Å². The first-order chi connectivity index (χ1) is 8.88. The smallest absolute Gasteiger partial charge is 0.307 e. The van der Waals surface area contributed by atoms with Crippen LogP contribution in [0.15, 0.2) is 24.3 Å². The third-order valence-electron chi connectivity index (χ3n) is 3.13. The van der Waals surface area contributed by atoms with E-state index in [1.54, 1.807) is 0 Å². The van der Waals surface area contributed by atoms with Crippen LogP contribution in [0.4, 0.5) is 4.39 Å². The molecule has 104 valence electrons. The average molecular weight is 287 g/mol. The highest BCUT2D eigenvalue weighted by atomic mass is 32.2. The lowest BCUT2D eigenvalue weighted by molar-refractivity contribution is -0.141. The van der Waals surface area contributed by atoms with Crippen molar-refractivity contribution < 1.29 is 22.7 Å². The summed E-state index contributed by atoms with van der Waals surface area (Å²) in [6.07, 6.45) is 0.317. The van der Waals surface area contributed by atoms with Crippen molar-refractivity contribution in [1.29, 1.82) is 0 Å². The van der Waals surface area contributed by atoms with Crippen molar-refractivity contribution in [3.05, 3.63) is 35.6 Å². The number of benzene rings is 1. The third kappa shape index (κ3) is 3.30. The van der Waals surface area contributed by atoms with E-state index in [1.807, 2.05) is 0 Å². The first-order valence-electron chi connectivity index (χ1n) is 5.83. The number of carboxylic acids is 1. The molecule has 19 heavy (non-hydrogen) atoms. The van der Waals surface area contributed by atoms with E-state index in [0.29, 0.717) is 12.0 Å². The molecule has 1 aliphatic heterocycles. The van der Waals surface area contributed by atoms with Crippen molar-refractivity contribution in [3.63, 3.8) is 0 Å². The number of rotatable bonds is 4. The van der Waals surface area contributed by atoms with Gasteiger partial charge in [-0.3, -0.25) is 4.79 Å². The van der Waals surface area contributed by atoms with Crippen LogP contribution in [0.5, 0.6) is 0 Å². The summed E-state index contributed by atoms with van der Waals surface area (Å²) in [5, 5.41) is 8.85. The molecule has 1 unspecified atom stereocenters. The Morgan fingerprint density at radius 1 is 1.47 bits per heavy atom. The first kappa shape index (κ1) is 14.0. The lowest BCUT2D eigenvalue weighted by Crippen LogP contribution is -2.31. The normalized spacial score (nSPS) is 20.6. The zero-order chi connectivity index (χ0) is 14.0. The van der Waals surface area contributed by atoms with E-state index < -0.39 is 27.7 Å². The fourth-order valence-corrected chi connectivity index (χ4v) is 3.69. The maximum atomic E-state index is 13.0. The van der Waals surface area contributed by atoms with E-state index in [-0.39, 0.29) is 18.8 Å². The Labute approximate surface area is 110 Å². The predicted octanol–water partition coefficient (Wildman–Crippen LogP) is 1.06. The monoisotopic (exact) mass is 287 g/mol. The van der Waals surface area contributed by atoms with Gasteiger partial charge in [0.05, 0.1) is 11.7 Å². The van der Waals surface area contributed by atoms with Crippen LogP contribution in [0.25, 0.3) is 0 Å². The zero-order valence-electron chi connectivity index (χ0n) is 10.1. The molecule has 1 aromatic carbocycles. The fourth-order valence-electron chi connectivity index (χ4n) is 2.11. The number of carboxylic acid groups (broad SMARTS) is 1. The molecule has 2 rings (SSSR count). The molecule has 1 N–H and O–H groups in total. The molecule has 0 amide bonds. The van der Waals surface area contributed by atoms with Gasteiger partial charge in [-0.2, -0.15) is 0 Å². The van der Waals surface area contributed by atoms with Crippen LogP contribution in [-0.4, -0.2) is 36.9 Å². The van der Waals surface area contributed by atoms with Gasteiger partial charge in [0.2, 0.25) is 10.0 Å². The van der Waals surface area contributed by atoms with Crippen molar-refractivity contribution in [3.8, 4) is 0 Å². The Hall–Kier alpha value is -1.47. The Morgan fingerprint density at radius 2 is 2.21 bits per heavy atom. The van der Waals surface area contributed by atoms with Crippen LogP contribution in [0.1, 0.15) is 12.0 Å². The largest absolute Gasteiger partial charge is 0.481 e. The van der Waals surface area contributed by atoms with Crippen molar-refractivity contribution in [2.75, 3.05) is 13.1 Å². The van der Waals surface area contributed by atoms with Crippen LogP contribution in [-0.2, 0) is 20.6 Å². The molecule has 1 fully saturated rings. The topological polar surface area (TPSA) is 74.7 Å². The van der Waals surface area contributed by atoms with Crippen molar-refractivity contribution in [1.82, 2.24) is 4.31 Å². The van der Waals surface area contributed by atoms with E-state index in [2.05, 4.69) is 0 Å². The molecular weight excluding hydrogens is 273 g/mol. The predicted molar refractivity (Wildman–Crippen MR) is 66.3 cm³/mol. The Balaban J connectivity index is 2.09. The summed E-state index contributed by atoms with van der Waals surface area (Å²) in [6, 6.07) is 5.39. The van der Waals surface area contributed by atoms with Gasteiger partial charge in [0.15, 0.2) is 0 Å². The Kier molecular flexibility index (Phi) is 3.86. The van der Waals surface area contributed by atoms with Gasteiger partial charge in [-0.25, -0.2) is 17.1 Å². The molecule has 0 aromatic heterocycles. The molecule has 7 heteroatoms. The van der Waals surface area contributed by atoms with Gasteiger partial charge in [-0.15, -0.1) is 0 Å². The molecule has 1 saturated heterocycles. The van der Waals surface area contributed by atoms with Crippen molar-refractivity contribution >= 4 is 16.0 Å². The molecule has 0 bridgehead atoms. The van der Waals surface area contributed by atoms with Crippen LogP contribution in [0, 0.1) is 11.7 Å². The van der Waals surface area contributed by atoms with Gasteiger partial charge >= 0.3 is 5.97 Å². The highest BCUT2D eigenvalue weighted by Gasteiger charge is 2.34. The van der Waals surface area contributed by atoms with E-state index >= 15 is 0 Å². The van der Waals surface area contributed by atoms with E-state index in [4.69, 9.17) is 5.11 Å². The summed E-state index contributed by atoms with van der Waals surface area (Å²) in [4.78, 5) is 10.8. The summed E-state index contributed by atoms with van der Waals surface area (Å²) < 4.78 is 38.3. The molecular formula is C12H14FNO4S. The van der Waals surface area contributed by atoms with Crippen molar-refractivity contribution in [2.45, 2.75) is 12.2 Å². The lowest BCUT2D eigenvalue weighted by atomic mass is 10.1. The summed E-state index contributed by atoms with van der Waals surface area (Å²) in [5.74, 6) is -2.43. The minimum absolute atomic E-state index is 0.00696. The zero-order valence-corrected chi connectivity index (χ0v) is 10.9. The lowest BCUT2D eigenvalue weighted by Gasteiger charge is -2.15. The fraction of sp³-hybridized carbons (Fsp3) is 0.417. The molecule has 1 aromatic rings. The molecule has 1 aliphatic rings. The Bertz CT molecular complexity index is 587.